The fourth-order valence-corrected chi connectivity index (χ4v) is 4.30. The molecule has 0 amide bonds. The van der Waals surface area contributed by atoms with Crippen molar-refractivity contribution in [2.24, 2.45) is 7.05 Å². The number of carbonyl (C=O) groups excluding carboxylic acids is 1. The van der Waals surface area contributed by atoms with Gasteiger partial charge in [0.1, 0.15) is 11.3 Å². The van der Waals surface area contributed by atoms with Gasteiger partial charge in [-0.15, -0.1) is 0 Å². The normalized spacial score (nSPS) is 11.0. The Hall–Kier alpha value is -4.92. The zero-order chi connectivity index (χ0) is 27.7. The molecule has 0 saturated heterocycles. The molecule has 3 heterocycles. The largest absolute Gasteiger partial charge is 0.481 e. The maximum atomic E-state index is 15.1. The van der Waals surface area contributed by atoms with Gasteiger partial charge in [0.05, 0.1) is 18.2 Å². The monoisotopic (exact) mass is 527 g/mol. The van der Waals surface area contributed by atoms with Gasteiger partial charge in [0.25, 0.3) is 0 Å². The summed E-state index contributed by atoms with van der Waals surface area (Å²) in [7, 11) is 3.21. The highest BCUT2D eigenvalue weighted by Crippen LogP contribution is 2.31. The van der Waals surface area contributed by atoms with E-state index >= 15 is 4.39 Å². The maximum absolute atomic E-state index is 15.1. The first-order chi connectivity index (χ1) is 18.7. The van der Waals surface area contributed by atoms with Crippen LogP contribution in [0.3, 0.4) is 0 Å². The Kier molecular flexibility index (Phi) is 6.89. The first-order valence-corrected chi connectivity index (χ1v) is 12.0. The number of methoxy groups -OCH3 is 1. The van der Waals surface area contributed by atoms with Crippen molar-refractivity contribution in [3.8, 4) is 28.5 Å². The topological polar surface area (TPSA) is 83.3 Å². The van der Waals surface area contributed by atoms with Crippen molar-refractivity contribution in [3.05, 3.63) is 112 Å². The van der Waals surface area contributed by atoms with E-state index in [1.165, 1.54) is 49.7 Å². The number of benzene rings is 2. The maximum Gasteiger partial charge on any atom is 0.213 e. The van der Waals surface area contributed by atoms with E-state index in [0.29, 0.717) is 39.5 Å². The van der Waals surface area contributed by atoms with Crippen LogP contribution >= 0.6 is 0 Å². The molecular formula is C30H23F2N3O4. The minimum atomic E-state index is -0.683. The molecule has 3 aromatic heterocycles. The number of nitrogens with zero attached hydrogens (tertiary/aromatic N) is 3. The Balaban J connectivity index is 1.42. The van der Waals surface area contributed by atoms with Crippen molar-refractivity contribution >= 4 is 16.8 Å². The number of ketones is 1. The number of pyridine rings is 3. The average molecular weight is 528 g/mol. The Morgan fingerprint density at radius 2 is 1.77 bits per heavy atom. The summed E-state index contributed by atoms with van der Waals surface area (Å²) < 4.78 is 41.1. The summed E-state index contributed by atoms with van der Waals surface area (Å²) in [5, 5.41) is 0. The molecule has 39 heavy (non-hydrogen) atoms. The predicted octanol–water partition coefficient (Wildman–Crippen LogP) is 5.81. The Morgan fingerprint density at radius 1 is 1.00 bits per heavy atom. The van der Waals surface area contributed by atoms with Crippen LogP contribution in [0.15, 0.2) is 77.9 Å². The number of Topliss-reactive ketones (excluding diaryl/α,β-unsaturated/α-hetero) is 1. The van der Waals surface area contributed by atoms with Crippen LogP contribution in [-0.4, -0.2) is 27.4 Å². The summed E-state index contributed by atoms with van der Waals surface area (Å²) in [6.07, 6.45) is 2.94. The Bertz CT molecular complexity index is 1780. The molecule has 5 rings (SSSR count). The van der Waals surface area contributed by atoms with Crippen molar-refractivity contribution in [3.63, 3.8) is 0 Å². The molecular weight excluding hydrogens is 504 g/mol. The zero-order valence-electron chi connectivity index (χ0n) is 21.4. The number of hydrogen-bond donors (Lipinski definition) is 0. The number of ether oxygens (including phenoxy) is 2. The number of rotatable bonds is 7. The molecule has 0 aliphatic rings. The second kappa shape index (κ2) is 10.4. The molecule has 0 atom stereocenters. The van der Waals surface area contributed by atoms with E-state index in [0.717, 1.165) is 0 Å². The minimum Gasteiger partial charge on any atom is -0.481 e. The van der Waals surface area contributed by atoms with Gasteiger partial charge in [0.2, 0.25) is 5.88 Å². The molecule has 196 valence electrons. The highest BCUT2D eigenvalue weighted by Gasteiger charge is 2.20. The molecule has 0 N–H and O–H groups in total. The van der Waals surface area contributed by atoms with Gasteiger partial charge < -0.3 is 14.0 Å². The number of carbonyl (C=O) groups is 1. The molecule has 0 aliphatic heterocycles. The number of hydrogen-bond acceptors (Lipinski definition) is 6. The molecule has 9 heteroatoms. The predicted molar refractivity (Wildman–Crippen MR) is 142 cm³/mol. The van der Waals surface area contributed by atoms with E-state index in [-0.39, 0.29) is 23.3 Å². The molecule has 0 fully saturated rings. The Labute approximate surface area is 222 Å². The van der Waals surface area contributed by atoms with Crippen LogP contribution in [0.25, 0.3) is 22.2 Å². The van der Waals surface area contributed by atoms with Crippen molar-refractivity contribution in [1.82, 2.24) is 14.5 Å². The van der Waals surface area contributed by atoms with Gasteiger partial charge in [-0.25, -0.2) is 13.8 Å². The third-order valence-corrected chi connectivity index (χ3v) is 6.43. The molecule has 2 aromatic carbocycles. The van der Waals surface area contributed by atoms with Gasteiger partial charge in [0.15, 0.2) is 28.5 Å². The molecule has 5 aromatic rings. The second-order valence-corrected chi connectivity index (χ2v) is 8.95. The van der Waals surface area contributed by atoms with Gasteiger partial charge in [-0.1, -0.05) is 18.2 Å². The van der Waals surface area contributed by atoms with Gasteiger partial charge in [-0.3, -0.25) is 14.6 Å². The quantitative estimate of drug-likeness (QED) is 0.249. The second-order valence-electron chi connectivity index (χ2n) is 8.95. The first kappa shape index (κ1) is 25.7. The van der Waals surface area contributed by atoms with Gasteiger partial charge in [-0.2, -0.15) is 0 Å². The van der Waals surface area contributed by atoms with Gasteiger partial charge in [0, 0.05) is 49.3 Å². The lowest BCUT2D eigenvalue weighted by Crippen LogP contribution is -2.23. The summed E-state index contributed by atoms with van der Waals surface area (Å²) in [5.41, 5.74) is 2.12. The first-order valence-electron chi connectivity index (χ1n) is 12.0. The van der Waals surface area contributed by atoms with E-state index in [1.807, 2.05) is 0 Å². The summed E-state index contributed by atoms with van der Waals surface area (Å²) in [6, 6.07) is 14.6. The number of aromatic nitrogens is 3. The fraction of sp³-hybridized carbons (Fsp3) is 0.133. The van der Waals surface area contributed by atoms with Gasteiger partial charge >= 0.3 is 0 Å². The molecule has 7 nitrogen and oxygen atoms in total. The van der Waals surface area contributed by atoms with E-state index in [2.05, 4.69) is 9.97 Å². The molecule has 0 spiro atoms. The van der Waals surface area contributed by atoms with Crippen molar-refractivity contribution in [2.45, 2.75) is 13.3 Å². The Morgan fingerprint density at radius 3 is 2.49 bits per heavy atom. The summed E-state index contributed by atoms with van der Waals surface area (Å²) >= 11 is 0. The van der Waals surface area contributed by atoms with E-state index in [9.17, 15) is 14.0 Å². The van der Waals surface area contributed by atoms with Crippen LogP contribution in [0.5, 0.6) is 17.4 Å². The highest BCUT2D eigenvalue weighted by atomic mass is 19.1. The van der Waals surface area contributed by atoms with E-state index in [1.54, 1.807) is 49.0 Å². The van der Waals surface area contributed by atoms with Crippen LogP contribution in [-0.2, 0) is 13.5 Å². The third-order valence-electron chi connectivity index (χ3n) is 6.43. The molecule has 0 saturated carbocycles. The lowest BCUT2D eigenvalue weighted by atomic mass is 9.97. The molecule has 0 radical (unpaired) electrons. The highest BCUT2D eigenvalue weighted by molar-refractivity contribution is 5.99. The van der Waals surface area contributed by atoms with Crippen molar-refractivity contribution < 1.29 is 23.0 Å². The summed E-state index contributed by atoms with van der Waals surface area (Å²) in [5.74, 6) is -0.979. The van der Waals surface area contributed by atoms with Crippen molar-refractivity contribution in [2.75, 3.05) is 7.11 Å². The van der Waals surface area contributed by atoms with Crippen molar-refractivity contribution in [1.29, 1.82) is 0 Å². The lowest BCUT2D eigenvalue weighted by molar-refractivity contribution is 0.0990. The zero-order valence-corrected chi connectivity index (χ0v) is 21.4. The van der Waals surface area contributed by atoms with Gasteiger partial charge in [-0.05, 0) is 48.4 Å². The van der Waals surface area contributed by atoms with Crippen LogP contribution in [0, 0.1) is 18.6 Å². The summed E-state index contributed by atoms with van der Waals surface area (Å²) in [6.45, 7) is 1.67. The minimum absolute atomic E-state index is 0.00309. The van der Waals surface area contributed by atoms with Crippen LogP contribution < -0.4 is 14.9 Å². The number of halogens is 2. The number of fused-ring (bicyclic) bond motifs is 1. The van der Waals surface area contributed by atoms with Crippen LogP contribution in [0.1, 0.15) is 21.6 Å². The third kappa shape index (κ3) is 5.11. The smallest absolute Gasteiger partial charge is 0.213 e. The fourth-order valence-electron chi connectivity index (χ4n) is 4.30. The SMILES string of the molecule is COc1ccc2nccc(Oc3ccc(CC(=O)c4c(C)n(C)cc(-c5ccc(F)cc5)c4=O)cc3F)c2n1. The average Bonchev–Trinajstić information content (AvgIpc) is 2.93. The van der Waals surface area contributed by atoms with Crippen LogP contribution in [0.2, 0.25) is 0 Å². The number of aryl methyl sites for hydroxylation is 1. The molecule has 0 aliphatic carbocycles. The van der Waals surface area contributed by atoms with Crippen LogP contribution in [0.4, 0.5) is 8.78 Å². The molecule has 0 bridgehead atoms. The van der Waals surface area contributed by atoms with E-state index < -0.39 is 22.8 Å². The standard InChI is InChI=1S/C30H23F2N3O4/c1-17-28(30(37)21(16-35(17)2)19-5-7-20(31)8-6-19)24(36)15-18-4-10-25(22(32)14-18)39-26-12-13-33-23-9-11-27(38-3)34-29(23)26/h4-14,16H,15H2,1-3H3. The lowest BCUT2D eigenvalue weighted by Gasteiger charge is -2.14. The summed E-state index contributed by atoms with van der Waals surface area (Å²) in [4.78, 5) is 35.2. The molecule has 0 unspecified atom stereocenters. The van der Waals surface area contributed by atoms with E-state index in [4.69, 9.17) is 9.47 Å².